The van der Waals surface area contributed by atoms with Crippen LogP contribution in [0.2, 0.25) is 0 Å². The molecule has 0 saturated heterocycles. The Morgan fingerprint density at radius 1 is 1.38 bits per heavy atom. The molecule has 0 amide bonds. The fraction of sp³-hybridized carbons (Fsp3) is 0.909. The predicted molar refractivity (Wildman–Crippen MR) is 54.5 cm³/mol. The normalized spacial score (nSPS) is 13.9. The Labute approximate surface area is 81.7 Å². The second-order valence-electron chi connectivity index (χ2n) is 4.58. The number of rotatable bonds is 4. The maximum absolute atomic E-state index is 11.4. The molecule has 2 heteroatoms. The highest BCUT2D eigenvalue weighted by molar-refractivity contribution is 5.72. The SMILES string of the molecule is CCCCC(C)C(=O)OC(C)(C)C. The van der Waals surface area contributed by atoms with E-state index in [1.807, 2.05) is 27.7 Å². The van der Waals surface area contributed by atoms with Gasteiger partial charge in [0.2, 0.25) is 0 Å². The summed E-state index contributed by atoms with van der Waals surface area (Å²) in [7, 11) is 0. The number of hydrogen-bond donors (Lipinski definition) is 0. The van der Waals surface area contributed by atoms with Crippen molar-refractivity contribution in [2.45, 2.75) is 59.5 Å². The highest BCUT2D eigenvalue weighted by Crippen LogP contribution is 2.15. The summed E-state index contributed by atoms with van der Waals surface area (Å²) in [6.07, 6.45) is 3.17. The molecule has 13 heavy (non-hydrogen) atoms. The van der Waals surface area contributed by atoms with E-state index < -0.39 is 0 Å². The van der Waals surface area contributed by atoms with Gasteiger partial charge in [-0.3, -0.25) is 4.79 Å². The minimum atomic E-state index is -0.350. The molecular weight excluding hydrogens is 164 g/mol. The summed E-state index contributed by atoms with van der Waals surface area (Å²) >= 11 is 0. The van der Waals surface area contributed by atoms with Crippen LogP contribution in [0.1, 0.15) is 53.9 Å². The van der Waals surface area contributed by atoms with Crippen molar-refractivity contribution < 1.29 is 9.53 Å². The van der Waals surface area contributed by atoms with Crippen LogP contribution >= 0.6 is 0 Å². The second kappa shape index (κ2) is 5.25. The van der Waals surface area contributed by atoms with Crippen LogP contribution in [0.25, 0.3) is 0 Å². The third-order valence-electron chi connectivity index (χ3n) is 1.80. The molecule has 0 aliphatic rings. The topological polar surface area (TPSA) is 26.3 Å². The first kappa shape index (κ1) is 12.5. The van der Waals surface area contributed by atoms with E-state index in [0.29, 0.717) is 0 Å². The van der Waals surface area contributed by atoms with Crippen molar-refractivity contribution in [3.63, 3.8) is 0 Å². The Balaban J connectivity index is 3.83. The van der Waals surface area contributed by atoms with Gasteiger partial charge in [-0.25, -0.2) is 0 Å². The van der Waals surface area contributed by atoms with Gasteiger partial charge in [0, 0.05) is 0 Å². The molecule has 78 valence electrons. The highest BCUT2D eigenvalue weighted by Gasteiger charge is 2.20. The largest absolute Gasteiger partial charge is 0.460 e. The maximum atomic E-state index is 11.4. The first-order valence-corrected chi connectivity index (χ1v) is 5.09. The summed E-state index contributed by atoms with van der Waals surface area (Å²) < 4.78 is 5.26. The lowest BCUT2D eigenvalue weighted by Gasteiger charge is -2.22. The molecule has 0 aromatic rings. The van der Waals surface area contributed by atoms with Crippen LogP contribution in [0.3, 0.4) is 0 Å². The van der Waals surface area contributed by atoms with Gasteiger partial charge in [-0.1, -0.05) is 26.7 Å². The molecule has 0 saturated carbocycles. The molecule has 0 fully saturated rings. The summed E-state index contributed by atoms with van der Waals surface area (Å²) in [4.78, 5) is 11.4. The van der Waals surface area contributed by atoms with Crippen molar-refractivity contribution >= 4 is 5.97 Å². The van der Waals surface area contributed by atoms with Crippen molar-refractivity contribution in [3.05, 3.63) is 0 Å². The molecule has 0 spiro atoms. The minimum absolute atomic E-state index is 0.0409. The number of carbonyl (C=O) groups excluding carboxylic acids is 1. The van der Waals surface area contributed by atoms with Crippen LogP contribution in [0.15, 0.2) is 0 Å². The number of unbranched alkanes of at least 4 members (excludes halogenated alkanes) is 1. The van der Waals surface area contributed by atoms with Crippen LogP contribution in [0.5, 0.6) is 0 Å². The third-order valence-corrected chi connectivity index (χ3v) is 1.80. The smallest absolute Gasteiger partial charge is 0.309 e. The zero-order chi connectivity index (χ0) is 10.5. The van der Waals surface area contributed by atoms with Gasteiger partial charge in [0.25, 0.3) is 0 Å². The summed E-state index contributed by atoms with van der Waals surface area (Å²) in [5.74, 6) is -0.0277. The Morgan fingerprint density at radius 2 is 1.92 bits per heavy atom. The van der Waals surface area contributed by atoms with E-state index >= 15 is 0 Å². The summed E-state index contributed by atoms with van der Waals surface area (Å²) in [6, 6.07) is 0. The van der Waals surface area contributed by atoms with Crippen molar-refractivity contribution in [1.29, 1.82) is 0 Å². The van der Waals surface area contributed by atoms with Crippen LogP contribution < -0.4 is 0 Å². The molecule has 0 aliphatic heterocycles. The molecule has 1 unspecified atom stereocenters. The molecule has 0 aromatic heterocycles. The van der Waals surface area contributed by atoms with Gasteiger partial charge >= 0.3 is 5.97 Å². The number of hydrogen-bond acceptors (Lipinski definition) is 2. The molecular formula is C11H22O2. The van der Waals surface area contributed by atoms with E-state index in [4.69, 9.17) is 4.74 Å². The summed E-state index contributed by atoms with van der Waals surface area (Å²) in [5.41, 5.74) is -0.350. The zero-order valence-corrected chi connectivity index (χ0v) is 9.52. The van der Waals surface area contributed by atoms with Gasteiger partial charge in [-0.2, -0.15) is 0 Å². The lowest BCUT2D eigenvalue weighted by Crippen LogP contribution is -2.27. The summed E-state index contributed by atoms with van der Waals surface area (Å²) in [5, 5.41) is 0. The lowest BCUT2D eigenvalue weighted by molar-refractivity contribution is -0.159. The lowest BCUT2D eigenvalue weighted by atomic mass is 10.0. The zero-order valence-electron chi connectivity index (χ0n) is 9.52. The van der Waals surface area contributed by atoms with E-state index in [-0.39, 0.29) is 17.5 Å². The van der Waals surface area contributed by atoms with Gasteiger partial charge in [-0.15, -0.1) is 0 Å². The van der Waals surface area contributed by atoms with Crippen LogP contribution in [-0.2, 0) is 9.53 Å². The Morgan fingerprint density at radius 3 is 2.31 bits per heavy atom. The molecule has 0 rings (SSSR count). The number of ether oxygens (including phenoxy) is 1. The standard InChI is InChI=1S/C11H22O2/c1-6-7-8-9(2)10(12)13-11(3,4)5/h9H,6-8H2,1-5H3. The van der Waals surface area contributed by atoms with Crippen molar-refractivity contribution in [1.82, 2.24) is 0 Å². The fourth-order valence-electron chi connectivity index (χ4n) is 1.03. The first-order chi connectivity index (χ1) is 5.87. The maximum Gasteiger partial charge on any atom is 0.309 e. The van der Waals surface area contributed by atoms with Gasteiger partial charge < -0.3 is 4.74 Å². The van der Waals surface area contributed by atoms with E-state index in [9.17, 15) is 4.79 Å². The molecule has 0 radical (unpaired) electrons. The summed E-state index contributed by atoms with van der Waals surface area (Å²) in [6.45, 7) is 9.76. The Hall–Kier alpha value is -0.530. The quantitative estimate of drug-likeness (QED) is 0.630. The van der Waals surface area contributed by atoms with Crippen LogP contribution in [0, 0.1) is 5.92 Å². The first-order valence-electron chi connectivity index (χ1n) is 5.09. The van der Waals surface area contributed by atoms with Crippen molar-refractivity contribution in [2.24, 2.45) is 5.92 Å². The minimum Gasteiger partial charge on any atom is -0.460 e. The molecule has 0 N–H and O–H groups in total. The van der Waals surface area contributed by atoms with Crippen molar-refractivity contribution in [3.8, 4) is 0 Å². The van der Waals surface area contributed by atoms with Crippen LogP contribution in [-0.4, -0.2) is 11.6 Å². The van der Waals surface area contributed by atoms with Gasteiger partial charge in [0.1, 0.15) is 5.60 Å². The highest BCUT2D eigenvalue weighted by atomic mass is 16.6. The Kier molecular flexibility index (Phi) is 5.04. The number of esters is 1. The second-order valence-corrected chi connectivity index (χ2v) is 4.58. The van der Waals surface area contributed by atoms with E-state index in [1.165, 1.54) is 0 Å². The number of carbonyl (C=O) groups is 1. The van der Waals surface area contributed by atoms with E-state index in [2.05, 4.69) is 6.92 Å². The van der Waals surface area contributed by atoms with Crippen molar-refractivity contribution in [2.75, 3.05) is 0 Å². The third kappa shape index (κ3) is 6.62. The fourth-order valence-corrected chi connectivity index (χ4v) is 1.03. The van der Waals surface area contributed by atoms with Gasteiger partial charge in [-0.05, 0) is 27.2 Å². The monoisotopic (exact) mass is 186 g/mol. The molecule has 0 bridgehead atoms. The van der Waals surface area contributed by atoms with Gasteiger partial charge in [0.15, 0.2) is 0 Å². The molecule has 0 heterocycles. The molecule has 2 nitrogen and oxygen atoms in total. The molecule has 0 aromatic carbocycles. The van der Waals surface area contributed by atoms with Crippen LogP contribution in [0.4, 0.5) is 0 Å². The molecule has 0 aliphatic carbocycles. The Bertz CT molecular complexity index is 156. The van der Waals surface area contributed by atoms with Gasteiger partial charge in [0.05, 0.1) is 5.92 Å². The average Bonchev–Trinajstić information content (AvgIpc) is 1.96. The molecule has 1 atom stereocenters. The average molecular weight is 186 g/mol. The predicted octanol–water partition coefficient (Wildman–Crippen LogP) is 3.15. The van der Waals surface area contributed by atoms with E-state index in [0.717, 1.165) is 19.3 Å². The van der Waals surface area contributed by atoms with E-state index in [1.54, 1.807) is 0 Å².